The number of anilines is 1. The standard InChI is InChI=1S/C16H23NO2/c1-4-12-7-5-6-8-14(12)17-10-9-16(2,3)13(11-17)15(18)19/h5-8,13H,4,9-11H2,1-3H3,(H,18,19). The molecule has 1 atom stereocenters. The topological polar surface area (TPSA) is 40.5 Å². The lowest BCUT2D eigenvalue weighted by Crippen LogP contribution is -2.48. The minimum atomic E-state index is -0.677. The molecular weight excluding hydrogens is 238 g/mol. The molecule has 0 amide bonds. The summed E-state index contributed by atoms with van der Waals surface area (Å²) in [6.07, 6.45) is 1.90. The van der Waals surface area contributed by atoms with Gasteiger partial charge in [-0.15, -0.1) is 0 Å². The molecule has 0 radical (unpaired) electrons. The Labute approximate surface area is 115 Å². The summed E-state index contributed by atoms with van der Waals surface area (Å²) in [5.74, 6) is -0.977. The summed E-state index contributed by atoms with van der Waals surface area (Å²) in [6, 6.07) is 8.32. The van der Waals surface area contributed by atoms with Crippen LogP contribution in [0.1, 0.15) is 32.8 Å². The molecule has 1 saturated heterocycles. The first-order chi connectivity index (χ1) is 8.95. The predicted molar refractivity (Wildman–Crippen MR) is 77.6 cm³/mol. The van der Waals surface area contributed by atoms with Gasteiger partial charge in [0.2, 0.25) is 0 Å². The lowest BCUT2D eigenvalue weighted by Gasteiger charge is -2.43. The number of aliphatic carboxylic acids is 1. The molecule has 3 nitrogen and oxygen atoms in total. The van der Waals surface area contributed by atoms with Crippen LogP contribution in [-0.4, -0.2) is 24.2 Å². The minimum absolute atomic E-state index is 0.122. The van der Waals surface area contributed by atoms with Gasteiger partial charge in [0.15, 0.2) is 0 Å². The number of benzene rings is 1. The van der Waals surface area contributed by atoms with Crippen LogP contribution >= 0.6 is 0 Å². The van der Waals surface area contributed by atoms with Gasteiger partial charge in [0, 0.05) is 18.8 Å². The van der Waals surface area contributed by atoms with Crippen molar-refractivity contribution in [2.75, 3.05) is 18.0 Å². The molecule has 0 saturated carbocycles. The summed E-state index contributed by atoms with van der Waals surface area (Å²) < 4.78 is 0. The average molecular weight is 261 g/mol. The number of hydrogen-bond acceptors (Lipinski definition) is 2. The third-order valence-corrected chi connectivity index (χ3v) is 4.38. The second-order valence-corrected chi connectivity index (χ2v) is 6.06. The molecule has 1 aliphatic rings. The van der Waals surface area contributed by atoms with Gasteiger partial charge < -0.3 is 10.0 Å². The van der Waals surface area contributed by atoms with E-state index in [1.165, 1.54) is 11.3 Å². The molecule has 3 heteroatoms. The molecule has 0 bridgehead atoms. The number of hydrogen-bond donors (Lipinski definition) is 1. The molecule has 1 aromatic carbocycles. The smallest absolute Gasteiger partial charge is 0.308 e. The van der Waals surface area contributed by atoms with Gasteiger partial charge in [-0.05, 0) is 29.9 Å². The quantitative estimate of drug-likeness (QED) is 0.908. The van der Waals surface area contributed by atoms with E-state index in [9.17, 15) is 9.90 Å². The van der Waals surface area contributed by atoms with Crippen LogP contribution in [-0.2, 0) is 11.2 Å². The molecule has 1 aromatic rings. The molecule has 1 fully saturated rings. The normalized spacial score (nSPS) is 22.3. The van der Waals surface area contributed by atoms with Gasteiger partial charge in [-0.1, -0.05) is 39.0 Å². The highest BCUT2D eigenvalue weighted by Gasteiger charge is 2.40. The van der Waals surface area contributed by atoms with Crippen molar-refractivity contribution in [1.82, 2.24) is 0 Å². The Balaban J connectivity index is 2.26. The summed E-state index contributed by atoms with van der Waals surface area (Å²) in [5, 5.41) is 9.44. The molecule has 1 aliphatic heterocycles. The van der Waals surface area contributed by atoms with Crippen LogP contribution in [0.3, 0.4) is 0 Å². The summed E-state index contributed by atoms with van der Waals surface area (Å²) >= 11 is 0. The summed E-state index contributed by atoms with van der Waals surface area (Å²) in [4.78, 5) is 13.7. The van der Waals surface area contributed by atoms with E-state index in [0.29, 0.717) is 6.54 Å². The third kappa shape index (κ3) is 2.75. The van der Waals surface area contributed by atoms with Crippen LogP contribution < -0.4 is 4.90 Å². The van der Waals surface area contributed by atoms with E-state index in [4.69, 9.17) is 0 Å². The van der Waals surface area contributed by atoms with Crippen molar-refractivity contribution < 1.29 is 9.90 Å². The van der Waals surface area contributed by atoms with Crippen LogP contribution in [0.5, 0.6) is 0 Å². The number of rotatable bonds is 3. The van der Waals surface area contributed by atoms with Crippen molar-refractivity contribution in [2.45, 2.75) is 33.6 Å². The number of nitrogens with zero attached hydrogens (tertiary/aromatic N) is 1. The lowest BCUT2D eigenvalue weighted by atomic mass is 9.73. The maximum absolute atomic E-state index is 11.5. The molecule has 1 unspecified atom stereocenters. The summed E-state index contributed by atoms with van der Waals surface area (Å²) in [5.41, 5.74) is 2.38. The fourth-order valence-corrected chi connectivity index (χ4v) is 2.91. The zero-order chi connectivity index (χ0) is 14.0. The Morgan fingerprint density at radius 2 is 2.11 bits per heavy atom. The molecule has 0 aromatic heterocycles. The maximum Gasteiger partial charge on any atom is 0.308 e. The monoisotopic (exact) mass is 261 g/mol. The number of para-hydroxylation sites is 1. The minimum Gasteiger partial charge on any atom is -0.481 e. The zero-order valence-corrected chi connectivity index (χ0v) is 12.0. The summed E-state index contributed by atoms with van der Waals surface area (Å²) in [6.45, 7) is 7.82. The molecule has 1 heterocycles. The zero-order valence-electron chi connectivity index (χ0n) is 12.0. The first kappa shape index (κ1) is 13.9. The number of carboxylic acids is 1. The van der Waals surface area contributed by atoms with E-state index in [0.717, 1.165) is 19.4 Å². The molecule has 0 aliphatic carbocycles. The van der Waals surface area contributed by atoms with Crippen molar-refractivity contribution in [1.29, 1.82) is 0 Å². The van der Waals surface area contributed by atoms with Crippen molar-refractivity contribution in [3.05, 3.63) is 29.8 Å². The Morgan fingerprint density at radius 3 is 2.74 bits per heavy atom. The van der Waals surface area contributed by atoms with Crippen LogP contribution in [0, 0.1) is 11.3 Å². The molecule has 19 heavy (non-hydrogen) atoms. The maximum atomic E-state index is 11.5. The van der Waals surface area contributed by atoms with Crippen LogP contribution in [0.15, 0.2) is 24.3 Å². The van der Waals surface area contributed by atoms with Gasteiger partial charge in [-0.3, -0.25) is 4.79 Å². The van der Waals surface area contributed by atoms with Crippen LogP contribution in [0.2, 0.25) is 0 Å². The first-order valence-corrected chi connectivity index (χ1v) is 7.01. The van der Waals surface area contributed by atoms with Gasteiger partial charge in [0.05, 0.1) is 5.92 Å². The van der Waals surface area contributed by atoms with Gasteiger partial charge in [-0.2, -0.15) is 0 Å². The van der Waals surface area contributed by atoms with E-state index in [-0.39, 0.29) is 11.3 Å². The SMILES string of the molecule is CCc1ccccc1N1CCC(C)(C)C(C(=O)O)C1. The van der Waals surface area contributed by atoms with E-state index in [2.05, 4.69) is 37.8 Å². The van der Waals surface area contributed by atoms with Gasteiger partial charge in [-0.25, -0.2) is 0 Å². The molecule has 1 N–H and O–H groups in total. The van der Waals surface area contributed by atoms with Crippen molar-refractivity contribution in [3.8, 4) is 0 Å². The molecular formula is C16H23NO2. The van der Waals surface area contributed by atoms with Crippen molar-refractivity contribution in [3.63, 3.8) is 0 Å². The number of aryl methyl sites for hydroxylation is 1. The van der Waals surface area contributed by atoms with E-state index in [1.54, 1.807) is 0 Å². The molecule has 104 valence electrons. The highest BCUT2D eigenvalue weighted by molar-refractivity contribution is 5.72. The van der Waals surface area contributed by atoms with E-state index in [1.807, 2.05) is 12.1 Å². The van der Waals surface area contributed by atoms with Crippen LogP contribution in [0.4, 0.5) is 5.69 Å². The number of carbonyl (C=O) groups is 1. The second-order valence-electron chi connectivity index (χ2n) is 6.06. The molecule has 2 rings (SSSR count). The van der Waals surface area contributed by atoms with Crippen molar-refractivity contribution >= 4 is 11.7 Å². The van der Waals surface area contributed by atoms with Gasteiger partial charge >= 0.3 is 5.97 Å². The van der Waals surface area contributed by atoms with Gasteiger partial charge in [0.25, 0.3) is 0 Å². The number of carboxylic acid groups (broad SMARTS) is 1. The van der Waals surface area contributed by atoms with E-state index >= 15 is 0 Å². The Bertz CT molecular complexity index is 468. The third-order valence-electron chi connectivity index (χ3n) is 4.38. The van der Waals surface area contributed by atoms with Crippen LogP contribution in [0.25, 0.3) is 0 Å². The Hall–Kier alpha value is -1.51. The average Bonchev–Trinajstić information content (AvgIpc) is 2.38. The van der Waals surface area contributed by atoms with Crippen molar-refractivity contribution in [2.24, 2.45) is 11.3 Å². The summed E-state index contributed by atoms with van der Waals surface area (Å²) in [7, 11) is 0. The fourth-order valence-electron chi connectivity index (χ4n) is 2.91. The lowest BCUT2D eigenvalue weighted by molar-refractivity contribution is -0.146. The Morgan fingerprint density at radius 1 is 1.42 bits per heavy atom. The predicted octanol–water partition coefficient (Wildman–Crippen LogP) is 3.19. The fraction of sp³-hybridized carbons (Fsp3) is 0.562. The van der Waals surface area contributed by atoms with Gasteiger partial charge in [0.1, 0.15) is 0 Å². The largest absolute Gasteiger partial charge is 0.481 e. The number of piperidine rings is 1. The highest BCUT2D eigenvalue weighted by Crippen LogP contribution is 2.38. The van der Waals surface area contributed by atoms with E-state index < -0.39 is 5.97 Å². The highest BCUT2D eigenvalue weighted by atomic mass is 16.4. The Kier molecular flexibility index (Phi) is 3.83. The first-order valence-electron chi connectivity index (χ1n) is 7.01. The molecule has 0 spiro atoms. The second kappa shape index (κ2) is 5.24.